The molecule has 0 aliphatic carbocycles. The van der Waals surface area contributed by atoms with Crippen LogP contribution in [-0.4, -0.2) is 59.8 Å². The first kappa shape index (κ1) is 34.3. The average molecular weight is 627 g/mol. The van der Waals surface area contributed by atoms with Gasteiger partial charge in [-0.3, -0.25) is 19.2 Å². The number of alkyl carbamates (subject to hydrolysis) is 1. The summed E-state index contributed by atoms with van der Waals surface area (Å²) in [5.74, 6) is -4.23. The molecule has 0 heterocycles. The van der Waals surface area contributed by atoms with Gasteiger partial charge in [-0.15, -0.1) is 0 Å². The van der Waals surface area contributed by atoms with Crippen LogP contribution >= 0.6 is 0 Å². The lowest BCUT2D eigenvalue weighted by Crippen LogP contribution is -2.52. The van der Waals surface area contributed by atoms with Crippen molar-refractivity contribution in [3.8, 4) is 0 Å². The number of hydrogen-bond donors (Lipinski definition) is 3. The maximum atomic E-state index is 13.5. The Kier molecular flexibility index (Phi) is 13.1. The Morgan fingerprint density at radius 3 is 1.89 bits per heavy atom. The van der Waals surface area contributed by atoms with Crippen LogP contribution in [-0.2, 0) is 43.6 Å². The summed E-state index contributed by atoms with van der Waals surface area (Å²) < 4.78 is 45.6. The molecule has 0 bridgehead atoms. The minimum Gasteiger partial charge on any atom is -0.445 e. The lowest BCUT2D eigenvalue weighted by atomic mass is 10.1. The second-order valence-corrected chi connectivity index (χ2v) is 9.95. The van der Waals surface area contributed by atoms with Gasteiger partial charge in [0.1, 0.15) is 12.6 Å². The van der Waals surface area contributed by atoms with Gasteiger partial charge in [-0.2, -0.15) is 13.2 Å². The summed E-state index contributed by atoms with van der Waals surface area (Å²) in [6, 6.07) is 23.6. The Balaban J connectivity index is 1.63. The van der Waals surface area contributed by atoms with E-state index < -0.39 is 61.2 Å². The van der Waals surface area contributed by atoms with Gasteiger partial charge >= 0.3 is 12.3 Å². The van der Waals surface area contributed by atoms with Gasteiger partial charge in [0, 0.05) is 26.1 Å². The molecule has 0 saturated carbocycles. The third kappa shape index (κ3) is 12.9. The maximum absolute atomic E-state index is 13.5. The van der Waals surface area contributed by atoms with E-state index in [4.69, 9.17) is 4.74 Å². The van der Waals surface area contributed by atoms with Gasteiger partial charge in [0.15, 0.2) is 0 Å². The highest BCUT2D eigenvalue weighted by atomic mass is 19.4. The molecule has 0 aliphatic heterocycles. The summed E-state index contributed by atoms with van der Waals surface area (Å²) in [5.41, 5.74) is 1.92. The second kappa shape index (κ2) is 17.2. The van der Waals surface area contributed by atoms with Gasteiger partial charge in [0.25, 0.3) is 5.91 Å². The van der Waals surface area contributed by atoms with E-state index in [0.29, 0.717) is 11.1 Å². The van der Waals surface area contributed by atoms with E-state index in [1.165, 1.54) is 0 Å². The van der Waals surface area contributed by atoms with Gasteiger partial charge in [-0.25, -0.2) is 4.79 Å². The van der Waals surface area contributed by atoms with Crippen LogP contribution in [0, 0.1) is 0 Å². The van der Waals surface area contributed by atoms with E-state index in [1.54, 1.807) is 91.0 Å². The summed E-state index contributed by atoms with van der Waals surface area (Å²) in [7, 11) is 0. The number of alkyl halides is 3. The number of nitrogens with zero attached hydrogens (tertiary/aromatic N) is 1. The smallest absolute Gasteiger partial charge is 0.407 e. The molecule has 0 unspecified atom stereocenters. The number of rotatable bonds is 15. The first-order valence-electron chi connectivity index (χ1n) is 14.0. The van der Waals surface area contributed by atoms with E-state index in [-0.39, 0.29) is 26.2 Å². The second-order valence-electron chi connectivity index (χ2n) is 9.95. The number of carbonyl (C=O) groups excluding carboxylic acids is 5. The van der Waals surface area contributed by atoms with Gasteiger partial charge in [0.05, 0.1) is 13.0 Å². The quantitative estimate of drug-likeness (QED) is 0.221. The van der Waals surface area contributed by atoms with Crippen molar-refractivity contribution in [2.75, 3.05) is 13.1 Å². The lowest BCUT2D eigenvalue weighted by Gasteiger charge is -2.28. The Bertz CT molecular complexity index is 1420. The van der Waals surface area contributed by atoms with Crippen molar-refractivity contribution in [1.29, 1.82) is 0 Å². The fourth-order valence-corrected chi connectivity index (χ4v) is 4.11. The van der Waals surface area contributed by atoms with Crippen LogP contribution in [0.3, 0.4) is 0 Å². The number of Topliss-reactive ketones (excluding diaryl/α,β-unsaturated/α-hetero) is 1. The van der Waals surface area contributed by atoms with Crippen molar-refractivity contribution in [3.05, 3.63) is 108 Å². The first-order chi connectivity index (χ1) is 21.5. The lowest BCUT2D eigenvalue weighted by molar-refractivity contribution is -0.157. The van der Waals surface area contributed by atoms with Crippen LogP contribution in [0.25, 0.3) is 0 Å². The number of amides is 4. The van der Waals surface area contributed by atoms with Crippen LogP contribution < -0.4 is 16.0 Å². The highest BCUT2D eigenvalue weighted by Crippen LogP contribution is 2.23. The summed E-state index contributed by atoms with van der Waals surface area (Å²) in [4.78, 5) is 64.0. The van der Waals surface area contributed by atoms with E-state index in [2.05, 4.69) is 16.0 Å². The average Bonchev–Trinajstić information content (AvgIpc) is 3.02. The molecule has 238 valence electrons. The molecule has 4 amide bonds. The molecular formula is C32H33F3N4O6. The number of ketones is 1. The molecule has 3 rings (SSSR count). The molecule has 0 saturated heterocycles. The number of benzene rings is 3. The van der Waals surface area contributed by atoms with Gasteiger partial charge in [-0.05, 0) is 16.7 Å². The van der Waals surface area contributed by atoms with E-state index >= 15 is 0 Å². The van der Waals surface area contributed by atoms with Crippen molar-refractivity contribution in [1.82, 2.24) is 20.9 Å². The van der Waals surface area contributed by atoms with Crippen molar-refractivity contribution in [2.45, 2.75) is 44.8 Å². The Morgan fingerprint density at radius 1 is 0.756 bits per heavy atom. The molecule has 3 N–H and O–H groups in total. The van der Waals surface area contributed by atoms with Gasteiger partial charge < -0.3 is 25.6 Å². The number of hydrogen-bond acceptors (Lipinski definition) is 6. The maximum Gasteiger partial charge on any atom is 0.407 e. The third-order valence-electron chi connectivity index (χ3n) is 6.31. The number of nitrogens with one attached hydrogen (secondary N) is 3. The van der Waals surface area contributed by atoms with Crippen LogP contribution in [0.15, 0.2) is 91.0 Å². The standard InChI is InChI=1S/C32H33F3N4O6/c33-32(34,35)18-26(38-28(41)16-17-36-31(44)45-22-25-14-8-3-9-15-25)30(43)39(20-24-12-6-2-7-13-24)21-27(40)29(42)37-19-23-10-4-1-5-11-23/h1-15,26H,16-22H2,(H,36,44)(H,37,42)(H,38,41)/t26-/m0/s1. The van der Waals surface area contributed by atoms with Crippen molar-refractivity contribution >= 4 is 29.6 Å². The fraction of sp³-hybridized carbons (Fsp3) is 0.281. The summed E-state index contributed by atoms with van der Waals surface area (Å²) in [6.07, 6.45) is -7.87. The molecule has 3 aromatic rings. The Labute approximate surface area is 257 Å². The van der Waals surface area contributed by atoms with Crippen molar-refractivity contribution < 1.29 is 41.9 Å². The van der Waals surface area contributed by atoms with E-state index in [9.17, 15) is 37.1 Å². The molecular weight excluding hydrogens is 593 g/mol. The molecule has 3 aromatic carbocycles. The normalized spacial score (nSPS) is 11.5. The highest BCUT2D eigenvalue weighted by molar-refractivity contribution is 6.37. The molecule has 45 heavy (non-hydrogen) atoms. The molecule has 10 nitrogen and oxygen atoms in total. The van der Waals surface area contributed by atoms with Gasteiger partial charge in [0.2, 0.25) is 17.6 Å². The zero-order valence-electron chi connectivity index (χ0n) is 24.2. The Hall–Kier alpha value is -5.20. The minimum atomic E-state index is -4.86. The topological polar surface area (TPSA) is 134 Å². The number of halogens is 3. The largest absolute Gasteiger partial charge is 0.445 e. The molecule has 0 aromatic heterocycles. The molecule has 0 aliphatic rings. The zero-order valence-corrected chi connectivity index (χ0v) is 24.2. The van der Waals surface area contributed by atoms with Crippen molar-refractivity contribution in [3.63, 3.8) is 0 Å². The van der Waals surface area contributed by atoms with E-state index in [0.717, 1.165) is 10.5 Å². The molecule has 1 atom stereocenters. The SMILES string of the molecule is O=C(CCNC(=O)OCc1ccccc1)N[C@@H](CC(F)(F)F)C(=O)N(CC(=O)C(=O)NCc1ccccc1)Cc1ccccc1. The van der Waals surface area contributed by atoms with Crippen LogP contribution in [0.4, 0.5) is 18.0 Å². The van der Waals surface area contributed by atoms with Crippen LogP contribution in [0.1, 0.15) is 29.5 Å². The van der Waals surface area contributed by atoms with E-state index in [1.807, 2.05) is 0 Å². The van der Waals surface area contributed by atoms with Crippen LogP contribution in [0.2, 0.25) is 0 Å². The van der Waals surface area contributed by atoms with Crippen LogP contribution in [0.5, 0.6) is 0 Å². The monoisotopic (exact) mass is 626 g/mol. The fourth-order valence-electron chi connectivity index (χ4n) is 4.11. The first-order valence-corrected chi connectivity index (χ1v) is 14.0. The predicted molar refractivity (Wildman–Crippen MR) is 157 cm³/mol. The molecule has 0 spiro atoms. The molecule has 13 heteroatoms. The highest BCUT2D eigenvalue weighted by Gasteiger charge is 2.38. The minimum absolute atomic E-state index is 0.0264. The number of carbonyl (C=O) groups is 5. The summed E-state index contributed by atoms with van der Waals surface area (Å²) in [5, 5.41) is 6.83. The number of ether oxygens (including phenoxy) is 1. The third-order valence-corrected chi connectivity index (χ3v) is 6.31. The zero-order chi connectivity index (χ0) is 32.7. The Morgan fingerprint density at radius 2 is 1.31 bits per heavy atom. The molecule has 0 fully saturated rings. The van der Waals surface area contributed by atoms with Crippen molar-refractivity contribution in [2.24, 2.45) is 0 Å². The summed E-state index contributed by atoms with van der Waals surface area (Å²) in [6.45, 7) is -1.40. The summed E-state index contributed by atoms with van der Waals surface area (Å²) >= 11 is 0. The van der Waals surface area contributed by atoms with Gasteiger partial charge in [-0.1, -0.05) is 91.0 Å². The predicted octanol–water partition coefficient (Wildman–Crippen LogP) is 3.65. The molecule has 0 radical (unpaired) electrons.